The molecule has 0 spiro atoms. The Morgan fingerprint density at radius 3 is 2.00 bits per heavy atom. The fourth-order valence-electron chi connectivity index (χ4n) is 3.77. The van der Waals surface area contributed by atoms with Crippen LogP contribution in [0.5, 0.6) is 0 Å². The van der Waals surface area contributed by atoms with Crippen molar-refractivity contribution in [1.29, 1.82) is 0 Å². The summed E-state index contributed by atoms with van der Waals surface area (Å²) in [5.41, 5.74) is 0. The lowest BCUT2D eigenvalue weighted by atomic mass is 9.87. The normalized spacial score (nSPS) is 28.1. The summed E-state index contributed by atoms with van der Waals surface area (Å²) in [7, 11) is -2.49. The minimum atomic E-state index is -2.49. The van der Waals surface area contributed by atoms with E-state index in [1.807, 2.05) is 0 Å². The van der Waals surface area contributed by atoms with Gasteiger partial charge < -0.3 is 8.85 Å². The number of nitrogens with one attached hydrogen (secondary N) is 2. The molecule has 0 heterocycles. The topological polar surface area (TPSA) is 42.5 Å². The van der Waals surface area contributed by atoms with E-state index in [1.54, 1.807) is 0 Å². The molecule has 0 aliphatic heterocycles. The smallest absolute Gasteiger partial charge is 0.371 e. The maximum absolute atomic E-state index is 6.18. The predicted molar refractivity (Wildman–Crippen MR) is 89.0 cm³/mol. The molecule has 2 saturated carbocycles. The quantitative estimate of drug-likeness (QED) is 0.675. The van der Waals surface area contributed by atoms with Gasteiger partial charge in [-0.3, -0.25) is 9.96 Å². The van der Waals surface area contributed by atoms with Gasteiger partial charge in [-0.15, -0.1) is 0 Å². The molecule has 2 rings (SSSR count). The minimum absolute atomic E-state index is 0.539. The molecule has 2 fully saturated rings. The lowest BCUT2D eigenvalue weighted by Gasteiger charge is -2.39. The Morgan fingerprint density at radius 1 is 0.857 bits per heavy atom. The zero-order valence-corrected chi connectivity index (χ0v) is 15.1. The van der Waals surface area contributed by atoms with Gasteiger partial charge in [-0.1, -0.05) is 32.6 Å². The lowest BCUT2D eigenvalue weighted by Crippen LogP contribution is -2.72. The first kappa shape index (κ1) is 17.4. The first-order valence-electron chi connectivity index (χ1n) is 9.02. The molecule has 124 valence electrons. The number of hydrogen-bond acceptors (Lipinski definition) is 4. The van der Waals surface area contributed by atoms with E-state index < -0.39 is 8.88 Å². The summed E-state index contributed by atoms with van der Waals surface area (Å²) < 4.78 is 12.4. The molecule has 21 heavy (non-hydrogen) atoms. The highest BCUT2D eigenvalue weighted by atomic mass is 28.4. The van der Waals surface area contributed by atoms with Gasteiger partial charge in [-0.05, 0) is 45.4 Å². The summed E-state index contributed by atoms with van der Waals surface area (Å²) in [6, 6.07) is 1.11. The molecular weight excluding hydrogens is 280 g/mol. The highest BCUT2D eigenvalue weighted by molar-refractivity contribution is 6.62. The molecular formula is C16H34N2O2Si. The van der Waals surface area contributed by atoms with Crippen LogP contribution in [0, 0.1) is 5.92 Å². The number of hydrogen-bond donors (Lipinski definition) is 2. The van der Waals surface area contributed by atoms with Crippen molar-refractivity contribution in [3.8, 4) is 0 Å². The van der Waals surface area contributed by atoms with Gasteiger partial charge in [0, 0.05) is 25.3 Å². The second kappa shape index (κ2) is 8.63. The van der Waals surface area contributed by atoms with Gasteiger partial charge in [0.1, 0.15) is 0 Å². The summed E-state index contributed by atoms with van der Waals surface area (Å²) in [5.74, 6) is 0.719. The highest BCUT2D eigenvalue weighted by Gasteiger charge is 2.44. The molecule has 0 bridgehead atoms. The fourth-order valence-corrected chi connectivity index (χ4v) is 6.83. The summed E-state index contributed by atoms with van der Waals surface area (Å²) in [6.45, 7) is 7.93. The van der Waals surface area contributed by atoms with Crippen molar-refractivity contribution in [3.63, 3.8) is 0 Å². The van der Waals surface area contributed by atoms with Gasteiger partial charge >= 0.3 is 8.88 Å². The molecule has 0 saturated heterocycles. The van der Waals surface area contributed by atoms with Crippen molar-refractivity contribution < 1.29 is 8.85 Å². The van der Waals surface area contributed by atoms with Crippen molar-refractivity contribution in [2.45, 2.75) is 84.2 Å². The Labute approximate surface area is 131 Å². The van der Waals surface area contributed by atoms with Crippen molar-refractivity contribution in [2.75, 3.05) is 13.2 Å². The Balaban J connectivity index is 2.04. The third kappa shape index (κ3) is 5.03. The van der Waals surface area contributed by atoms with E-state index in [4.69, 9.17) is 8.85 Å². The average Bonchev–Trinajstić information content (AvgIpc) is 2.95. The van der Waals surface area contributed by atoms with Gasteiger partial charge in [0.05, 0.1) is 0 Å². The largest absolute Gasteiger partial charge is 0.517 e. The highest BCUT2D eigenvalue weighted by Crippen LogP contribution is 2.26. The van der Waals surface area contributed by atoms with Gasteiger partial charge in [-0.2, -0.15) is 0 Å². The van der Waals surface area contributed by atoms with Crippen LogP contribution in [-0.4, -0.2) is 34.2 Å². The monoisotopic (exact) mass is 314 g/mol. The molecule has 0 amide bonds. The molecule has 2 unspecified atom stereocenters. The van der Waals surface area contributed by atoms with E-state index in [0.717, 1.165) is 5.92 Å². The molecule has 0 aromatic heterocycles. The van der Waals surface area contributed by atoms with Crippen LogP contribution >= 0.6 is 0 Å². The fraction of sp³-hybridized carbons (Fsp3) is 1.00. The van der Waals surface area contributed by atoms with E-state index in [9.17, 15) is 0 Å². The molecule has 2 aliphatic carbocycles. The summed E-state index contributed by atoms with van der Waals surface area (Å²) >= 11 is 0. The standard InChI is InChI=1S/C16H34N2O2Si/c1-4-19-21(20-5-2,17-15-11-7-8-12-15)18-16-13-9-6-10-14(16)3/h14-18H,4-13H2,1-3H3. The first-order valence-corrected chi connectivity index (χ1v) is 10.8. The molecule has 0 radical (unpaired) electrons. The van der Waals surface area contributed by atoms with E-state index in [2.05, 4.69) is 30.7 Å². The summed E-state index contributed by atoms with van der Waals surface area (Å²) in [4.78, 5) is 7.61. The Morgan fingerprint density at radius 2 is 1.43 bits per heavy atom. The molecule has 0 aromatic rings. The number of rotatable bonds is 8. The van der Waals surface area contributed by atoms with Crippen molar-refractivity contribution in [2.24, 2.45) is 5.92 Å². The van der Waals surface area contributed by atoms with Crippen molar-refractivity contribution >= 4 is 8.88 Å². The summed E-state index contributed by atoms with van der Waals surface area (Å²) in [5, 5.41) is 0. The van der Waals surface area contributed by atoms with Crippen LogP contribution in [0.2, 0.25) is 0 Å². The van der Waals surface area contributed by atoms with Gasteiger partial charge in [0.25, 0.3) is 0 Å². The zero-order valence-electron chi connectivity index (χ0n) is 14.1. The molecule has 2 atom stereocenters. The Kier molecular flexibility index (Phi) is 7.15. The Hall–Kier alpha value is 0.0569. The average molecular weight is 315 g/mol. The second-order valence-corrected chi connectivity index (χ2v) is 9.01. The molecule has 4 nitrogen and oxygen atoms in total. The van der Waals surface area contributed by atoms with Crippen molar-refractivity contribution in [3.05, 3.63) is 0 Å². The van der Waals surface area contributed by atoms with E-state index in [0.29, 0.717) is 25.3 Å². The zero-order chi connectivity index (χ0) is 15.1. The van der Waals surface area contributed by atoms with Crippen LogP contribution in [0.1, 0.15) is 72.1 Å². The van der Waals surface area contributed by atoms with E-state index in [-0.39, 0.29) is 0 Å². The third-order valence-electron chi connectivity index (χ3n) is 4.93. The van der Waals surface area contributed by atoms with Crippen LogP contribution < -0.4 is 9.96 Å². The van der Waals surface area contributed by atoms with Crippen LogP contribution in [0.15, 0.2) is 0 Å². The van der Waals surface area contributed by atoms with Crippen LogP contribution in [-0.2, 0) is 8.85 Å². The van der Waals surface area contributed by atoms with Crippen LogP contribution in [0.25, 0.3) is 0 Å². The van der Waals surface area contributed by atoms with Crippen LogP contribution in [0.3, 0.4) is 0 Å². The maximum Gasteiger partial charge on any atom is 0.517 e. The predicted octanol–water partition coefficient (Wildman–Crippen LogP) is 3.20. The Bertz CT molecular complexity index is 292. The molecule has 0 aromatic carbocycles. The molecule has 2 aliphatic rings. The third-order valence-corrected chi connectivity index (χ3v) is 7.86. The molecule has 5 heteroatoms. The second-order valence-electron chi connectivity index (χ2n) is 6.62. The van der Waals surface area contributed by atoms with Gasteiger partial charge in [0.2, 0.25) is 0 Å². The first-order chi connectivity index (χ1) is 10.2. The van der Waals surface area contributed by atoms with Crippen LogP contribution in [0.4, 0.5) is 0 Å². The van der Waals surface area contributed by atoms with Gasteiger partial charge in [-0.25, -0.2) is 0 Å². The molecule has 2 N–H and O–H groups in total. The lowest BCUT2D eigenvalue weighted by molar-refractivity contribution is 0.139. The maximum atomic E-state index is 6.18. The van der Waals surface area contributed by atoms with E-state index in [1.165, 1.54) is 51.4 Å². The summed E-state index contributed by atoms with van der Waals surface area (Å²) in [6.07, 6.45) is 10.5. The SMILES string of the molecule is CCO[Si](NC1CCCC1)(NC1CCCCC1C)OCC. The van der Waals surface area contributed by atoms with Gasteiger partial charge in [0.15, 0.2) is 0 Å². The minimum Gasteiger partial charge on any atom is -0.371 e. The van der Waals surface area contributed by atoms with E-state index >= 15 is 0 Å². The van der Waals surface area contributed by atoms with Crippen molar-refractivity contribution in [1.82, 2.24) is 9.96 Å².